The average molecular weight is 319 g/mol. The Bertz CT molecular complexity index is 178. The maximum atomic E-state index is 8.70. The van der Waals surface area contributed by atoms with Crippen molar-refractivity contribution in [2.45, 2.75) is 59.3 Å². The Hall–Kier alpha value is 0.740. The Labute approximate surface area is 118 Å². The normalized spacial score (nSPS) is 10.8. The Kier molecular flexibility index (Phi) is 16.6. The van der Waals surface area contributed by atoms with Gasteiger partial charge in [0.1, 0.15) is 6.62 Å². The van der Waals surface area contributed by atoms with Gasteiger partial charge in [0.05, 0.1) is 29.7 Å². The SMILES string of the molecule is CCCC[P+](Cl)(CCCC)CCCC.O=[P+](O)O. The van der Waals surface area contributed by atoms with Gasteiger partial charge in [-0.3, -0.25) is 0 Å². The van der Waals surface area contributed by atoms with Crippen LogP contribution in [0.3, 0.4) is 0 Å². The number of halogens is 1. The van der Waals surface area contributed by atoms with Gasteiger partial charge in [0, 0.05) is 4.57 Å². The van der Waals surface area contributed by atoms with Gasteiger partial charge in [-0.25, -0.2) is 0 Å². The predicted molar refractivity (Wildman–Crippen MR) is 84.1 cm³/mol. The van der Waals surface area contributed by atoms with Crippen molar-refractivity contribution in [2.24, 2.45) is 0 Å². The first-order valence-corrected chi connectivity index (χ1v) is 11.2. The van der Waals surface area contributed by atoms with Gasteiger partial charge in [0.15, 0.2) is 0 Å². The molecule has 0 amide bonds. The molecule has 110 valence electrons. The highest BCUT2D eigenvalue weighted by Gasteiger charge is 2.33. The molecule has 0 spiro atoms. The van der Waals surface area contributed by atoms with Gasteiger partial charge in [0.2, 0.25) is 0 Å². The topological polar surface area (TPSA) is 57.5 Å². The van der Waals surface area contributed by atoms with Gasteiger partial charge in [-0.2, -0.15) is 0 Å². The Morgan fingerprint density at radius 1 is 0.889 bits per heavy atom. The fraction of sp³-hybridized carbons (Fsp3) is 1.00. The second-order valence-corrected chi connectivity index (χ2v) is 10.6. The summed E-state index contributed by atoms with van der Waals surface area (Å²) in [6.07, 6.45) is 11.9. The molecule has 18 heavy (non-hydrogen) atoms. The molecule has 0 unspecified atom stereocenters. The first-order valence-electron chi connectivity index (χ1n) is 6.82. The van der Waals surface area contributed by atoms with Gasteiger partial charge >= 0.3 is 8.25 Å². The summed E-state index contributed by atoms with van der Waals surface area (Å²) in [6.45, 7) is 5.75. The van der Waals surface area contributed by atoms with Gasteiger partial charge in [0.25, 0.3) is 0 Å². The van der Waals surface area contributed by atoms with E-state index in [4.69, 9.17) is 25.6 Å². The fourth-order valence-electron chi connectivity index (χ4n) is 1.66. The minimum atomic E-state index is -2.87. The van der Waals surface area contributed by atoms with Crippen molar-refractivity contribution in [3.8, 4) is 0 Å². The predicted octanol–water partition coefficient (Wildman–Crippen LogP) is 5.19. The quantitative estimate of drug-likeness (QED) is 0.575. The van der Waals surface area contributed by atoms with Crippen molar-refractivity contribution >= 4 is 26.1 Å². The molecular weight excluding hydrogens is 290 g/mol. The van der Waals surface area contributed by atoms with Crippen LogP contribution in [-0.4, -0.2) is 28.3 Å². The minimum absolute atomic E-state index is 1.05. The zero-order chi connectivity index (χ0) is 14.4. The van der Waals surface area contributed by atoms with Crippen molar-refractivity contribution < 1.29 is 14.4 Å². The van der Waals surface area contributed by atoms with Gasteiger partial charge in [-0.05, 0) is 19.3 Å². The summed E-state index contributed by atoms with van der Waals surface area (Å²) >= 11 is 6.79. The van der Waals surface area contributed by atoms with Crippen LogP contribution >= 0.6 is 26.1 Å². The summed E-state index contributed by atoms with van der Waals surface area (Å²) in [5, 5.41) is 0. The number of hydrogen-bond acceptors (Lipinski definition) is 1. The molecule has 0 rings (SSSR count). The average Bonchev–Trinajstić information content (AvgIpc) is 2.31. The van der Waals surface area contributed by atoms with Crippen molar-refractivity contribution in [3.05, 3.63) is 0 Å². The minimum Gasteiger partial charge on any atom is -0.134 e. The molecule has 3 nitrogen and oxygen atoms in total. The van der Waals surface area contributed by atoms with E-state index in [9.17, 15) is 0 Å². The second-order valence-electron chi connectivity index (χ2n) is 4.51. The third-order valence-electron chi connectivity index (χ3n) is 2.74. The third kappa shape index (κ3) is 16.7. The maximum absolute atomic E-state index is 8.70. The Morgan fingerprint density at radius 3 is 1.28 bits per heavy atom. The summed E-state index contributed by atoms with van der Waals surface area (Å²) in [5.74, 6) is 0. The van der Waals surface area contributed by atoms with Crippen LogP contribution < -0.4 is 0 Å². The van der Waals surface area contributed by atoms with Crippen molar-refractivity contribution in [3.63, 3.8) is 0 Å². The van der Waals surface area contributed by atoms with E-state index >= 15 is 0 Å². The lowest BCUT2D eigenvalue weighted by Gasteiger charge is -2.18. The fourth-order valence-corrected chi connectivity index (χ4v) is 6.06. The van der Waals surface area contributed by atoms with E-state index in [1.807, 2.05) is 0 Å². The molecule has 0 aromatic heterocycles. The van der Waals surface area contributed by atoms with E-state index in [2.05, 4.69) is 20.8 Å². The summed E-state index contributed by atoms with van der Waals surface area (Å²) < 4.78 is 8.70. The van der Waals surface area contributed by atoms with E-state index in [0.717, 1.165) is 0 Å². The van der Waals surface area contributed by atoms with Crippen LogP contribution in [-0.2, 0) is 4.57 Å². The molecule has 0 aliphatic rings. The van der Waals surface area contributed by atoms with E-state index < -0.39 is 14.9 Å². The van der Waals surface area contributed by atoms with Gasteiger partial charge < -0.3 is 0 Å². The van der Waals surface area contributed by atoms with Gasteiger partial charge in [-0.15, -0.1) is 9.79 Å². The highest BCUT2D eigenvalue weighted by atomic mass is 35.7. The highest BCUT2D eigenvalue weighted by molar-refractivity contribution is 7.99. The first kappa shape index (κ1) is 21.0. The monoisotopic (exact) mass is 318 g/mol. The summed E-state index contributed by atoms with van der Waals surface area (Å²) in [7, 11) is -2.87. The zero-order valence-electron chi connectivity index (χ0n) is 11.9. The summed E-state index contributed by atoms with van der Waals surface area (Å²) in [4.78, 5) is 14.2. The molecule has 0 heterocycles. The summed E-state index contributed by atoms with van der Waals surface area (Å²) in [6, 6.07) is 0. The van der Waals surface area contributed by atoms with Crippen LogP contribution in [0.15, 0.2) is 0 Å². The molecule has 0 saturated heterocycles. The summed E-state index contributed by atoms with van der Waals surface area (Å²) in [5.41, 5.74) is 0. The molecule has 0 saturated carbocycles. The second kappa shape index (κ2) is 14.2. The van der Waals surface area contributed by atoms with Gasteiger partial charge in [-0.1, -0.05) is 40.0 Å². The van der Waals surface area contributed by atoms with E-state index in [0.29, 0.717) is 0 Å². The Morgan fingerprint density at radius 2 is 1.11 bits per heavy atom. The lowest BCUT2D eigenvalue weighted by Crippen LogP contribution is -2.02. The smallest absolute Gasteiger partial charge is 0.134 e. The lowest BCUT2D eigenvalue weighted by molar-refractivity contribution is 0.405. The Balaban J connectivity index is 0. The highest BCUT2D eigenvalue weighted by Crippen LogP contribution is 2.65. The number of rotatable bonds is 9. The van der Waals surface area contributed by atoms with Crippen molar-refractivity contribution in [1.29, 1.82) is 0 Å². The van der Waals surface area contributed by atoms with E-state index in [-0.39, 0.29) is 0 Å². The van der Waals surface area contributed by atoms with Crippen LogP contribution in [0, 0.1) is 0 Å². The number of unbranched alkanes of at least 4 members (excludes halogenated alkanes) is 3. The number of hydrogen-bond donors (Lipinski definition) is 2. The van der Waals surface area contributed by atoms with Crippen LogP contribution in [0.2, 0.25) is 0 Å². The van der Waals surface area contributed by atoms with Crippen molar-refractivity contribution in [1.82, 2.24) is 0 Å². The molecule has 2 N–H and O–H groups in total. The molecule has 0 atom stereocenters. The molecule has 0 bridgehead atoms. The van der Waals surface area contributed by atoms with E-state index in [1.165, 1.54) is 57.0 Å². The molecular formula is C12H29ClO3P2+2. The molecule has 0 aromatic rings. The van der Waals surface area contributed by atoms with Crippen LogP contribution in [0.25, 0.3) is 0 Å². The lowest BCUT2D eigenvalue weighted by atomic mass is 10.4. The molecule has 0 fully saturated rings. The van der Waals surface area contributed by atoms with Crippen LogP contribution in [0.4, 0.5) is 0 Å². The molecule has 0 radical (unpaired) electrons. The largest absolute Gasteiger partial charge is 0.692 e. The van der Waals surface area contributed by atoms with Crippen molar-refractivity contribution in [2.75, 3.05) is 18.5 Å². The first-order chi connectivity index (χ1) is 8.41. The zero-order valence-corrected chi connectivity index (χ0v) is 14.5. The molecule has 0 aromatic carbocycles. The maximum Gasteiger partial charge on any atom is 0.692 e. The standard InChI is InChI=1S/C12H27ClP.HO3P/c1-4-7-10-14(13,11-8-5-2)12-9-6-3;1-4(2)3/h4-12H2,1-3H3;(H-,1,2,3)/q+1;/p+1. The third-order valence-corrected chi connectivity index (χ3v) is 7.61. The molecule has 0 aliphatic carbocycles. The van der Waals surface area contributed by atoms with Crippen LogP contribution in [0.1, 0.15) is 59.3 Å². The van der Waals surface area contributed by atoms with E-state index in [1.54, 1.807) is 0 Å². The molecule has 0 aliphatic heterocycles. The van der Waals surface area contributed by atoms with Crippen LogP contribution in [0.5, 0.6) is 0 Å². The molecule has 6 heteroatoms.